The topological polar surface area (TPSA) is 3.24 Å². The maximum absolute atomic E-state index is 2.51. The molecule has 2 rings (SSSR count). The Hall–Kier alpha value is -0.390. The third-order valence-electron chi connectivity index (χ3n) is 2.97. The molecule has 2 aromatic rings. The van der Waals surface area contributed by atoms with Gasteiger partial charge in [0.2, 0.25) is 0 Å². The van der Waals surface area contributed by atoms with Gasteiger partial charge in [0.25, 0.3) is 0 Å². The lowest BCUT2D eigenvalue weighted by atomic mass is 10.2. The molecule has 18 heavy (non-hydrogen) atoms. The molecular weight excluding hydrogens is 353 g/mol. The van der Waals surface area contributed by atoms with Gasteiger partial charge in [-0.2, -0.15) is 0 Å². The van der Waals surface area contributed by atoms with Crippen LogP contribution in [0.3, 0.4) is 0 Å². The Labute approximate surface area is 127 Å². The van der Waals surface area contributed by atoms with Crippen molar-refractivity contribution in [1.29, 1.82) is 0 Å². The molecule has 0 N–H and O–H groups in total. The monoisotopic (exact) mass is 371 g/mol. The highest BCUT2D eigenvalue weighted by molar-refractivity contribution is 14.1. The average molecular weight is 371 g/mol. The molecule has 0 spiro atoms. The second-order valence-electron chi connectivity index (χ2n) is 4.70. The Bertz CT molecular complexity index is 462. The standard InChI is InChI=1S/C15H18INS/c1-12(2)17(11-15-4-3-9-18-15)10-13-5-7-14(16)8-6-13/h3-9,12H,10-11H2,1-2H3. The quantitative estimate of drug-likeness (QED) is 0.685. The van der Waals surface area contributed by atoms with Gasteiger partial charge in [0.15, 0.2) is 0 Å². The van der Waals surface area contributed by atoms with Crippen LogP contribution in [0.2, 0.25) is 0 Å². The third-order valence-corrected chi connectivity index (χ3v) is 4.55. The summed E-state index contributed by atoms with van der Waals surface area (Å²) in [5.74, 6) is 0. The van der Waals surface area contributed by atoms with E-state index in [1.807, 2.05) is 11.3 Å². The minimum atomic E-state index is 0.561. The van der Waals surface area contributed by atoms with Crippen molar-refractivity contribution in [2.45, 2.75) is 33.0 Å². The summed E-state index contributed by atoms with van der Waals surface area (Å²) in [6.45, 7) is 6.59. The molecule has 0 bridgehead atoms. The summed E-state index contributed by atoms with van der Waals surface area (Å²) in [7, 11) is 0. The van der Waals surface area contributed by atoms with Crippen LogP contribution in [0.4, 0.5) is 0 Å². The molecule has 0 unspecified atom stereocenters. The van der Waals surface area contributed by atoms with Gasteiger partial charge in [-0.25, -0.2) is 0 Å². The van der Waals surface area contributed by atoms with Crippen molar-refractivity contribution < 1.29 is 0 Å². The van der Waals surface area contributed by atoms with Gasteiger partial charge < -0.3 is 0 Å². The van der Waals surface area contributed by atoms with Crippen LogP contribution in [0, 0.1) is 3.57 Å². The Balaban J connectivity index is 2.04. The van der Waals surface area contributed by atoms with E-state index in [-0.39, 0.29) is 0 Å². The summed E-state index contributed by atoms with van der Waals surface area (Å²) >= 11 is 4.19. The van der Waals surface area contributed by atoms with E-state index < -0.39 is 0 Å². The largest absolute Gasteiger partial charge is 0.292 e. The molecule has 0 amide bonds. The molecule has 0 aliphatic carbocycles. The Morgan fingerprint density at radius 3 is 2.39 bits per heavy atom. The summed E-state index contributed by atoms with van der Waals surface area (Å²) in [5.41, 5.74) is 1.39. The summed E-state index contributed by atoms with van der Waals surface area (Å²) in [6, 6.07) is 13.7. The highest BCUT2D eigenvalue weighted by Gasteiger charge is 2.11. The predicted octanol–water partition coefficient (Wildman–Crippen LogP) is 4.76. The lowest BCUT2D eigenvalue weighted by Crippen LogP contribution is -2.29. The number of halogens is 1. The van der Waals surface area contributed by atoms with E-state index >= 15 is 0 Å². The van der Waals surface area contributed by atoms with Crippen LogP contribution in [0.15, 0.2) is 41.8 Å². The minimum absolute atomic E-state index is 0.561. The van der Waals surface area contributed by atoms with E-state index in [1.54, 1.807) is 0 Å². The zero-order valence-corrected chi connectivity index (χ0v) is 13.7. The van der Waals surface area contributed by atoms with E-state index in [0.29, 0.717) is 6.04 Å². The summed E-state index contributed by atoms with van der Waals surface area (Å²) in [4.78, 5) is 3.95. The van der Waals surface area contributed by atoms with Gasteiger partial charge in [0, 0.05) is 27.6 Å². The molecule has 1 nitrogen and oxygen atoms in total. The normalized spacial score (nSPS) is 11.4. The van der Waals surface area contributed by atoms with Crippen molar-refractivity contribution in [1.82, 2.24) is 4.90 Å². The van der Waals surface area contributed by atoms with Crippen LogP contribution in [0.5, 0.6) is 0 Å². The molecule has 1 aromatic carbocycles. The van der Waals surface area contributed by atoms with Crippen molar-refractivity contribution >= 4 is 33.9 Å². The lowest BCUT2D eigenvalue weighted by molar-refractivity contribution is 0.205. The van der Waals surface area contributed by atoms with Crippen LogP contribution in [-0.4, -0.2) is 10.9 Å². The number of hydrogen-bond acceptors (Lipinski definition) is 2. The molecular formula is C15H18INS. The van der Waals surface area contributed by atoms with Crippen LogP contribution in [0.25, 0.3) is 0 Å². The van der Waals surface area contributed by atoms with Gasteiger partial charge in [0.05, 0.1) is 0 Å². The summed E-state index contributed by atoms with van der Waals surface area (Å²) in [6.07, 6.45) is 0. The molecule has 0 saturated carbocycles. The smallest absolute Gasteiger partial charge is 0.0334 e. The molecule has 0 aliphatic heterocycles. The first-order valence-corrected chi connectivity index (χ1v) is 8.12. The lowest BCUT2D eigenvalue weighted by Gasteiger charge is -2.26. The maximum Gasteiger partial charge on any atom is 0.0334 e. The number of nitrogens with zero attached hydrogens (tertiary/aromatic N) is 1. The molecule has 0 radical (unpaired) electrons. The minimum Gasteiger partial charge on any atom is -0.292 e. The first-order chi connectivity index (χ1) is 8.65. The van der Waals surface area contributed by atoms with Gasteiger partial charge in [0.1, 0.15) is 0 Å². The fraction of sp³-hybridized carbons (Fsp3) is 0.333. The van der Waals surface area contributed by atoms with Gasteiger partial charge in [-0.3, -0.25) is 4.90 Å². The van der Waals surface area contributed by atoms with Crippen LogP contribution < -0.4 is 0 Å². The van der Waals surface area contributed by atoms with Crippen molar-refractivity contribution in [3.63, 3.8) is 0 Å². The second-order valence-corrected chi connectivity index (χ2v) is 6.98. The van der Waals surface area contributed by atoms with Gasteiger partial charge in [-0.05, 0) is 65.6 Å². The third kappa shape index (κ3) is 4.07. The molecule has 3 heteroatoms. The molecule has 1 heterocycles. The molecule has 0 aliphatic rings. The first-order valence-electron chi connectivity index (χ1n) is 6.16. The zero-order chi connectivity index (χ0) is 13.0. The fourth-order valence-corrected chi connectivity index (χ4v) is 2.94. The van der Waals surface area contributed by atoms with E-state index in [4.69, 9.17) is 0 Å². The average Bonchev–Trinajstić information content (AvgIpc) is 2.84. The van der Waals surface area contributed by atoms with E-state index in [2.05, 4.69) is 83.1 Å². The Kier molecular flexibility index (Phi) is 5.21. The SMILES string of the molecule is CC(C)N(Cc1ccc(I)cc1)Cc1cccs1. The first kappa shape index (κ1) is 14.0. The summed E-state index contributed by atoms with van der Waals surface area (Å²) < 4.78 is 1.30. The number of thiophene rings is 1. The van der Waals surface area contributed by atoms with E-state index in [9.17, 15) is 0 Å². The predicted molar refractivity (Wildman–Crippen MR) is 87.9 cm³/mol. The van der Waals surface area contributed by atoms with Crippen LogP contribution in [-0.2, 0) is 13.1 Å². The summed E-state index contributed by atoms with van der Waals surface area (Å²) in [5, 5.41) is 2.15. The number of hydrogen-bond donors (Lipinski definition) is 0. The maximum atomic E-state index is 2.51. The molecule has 0 atom stereocenters. The molecule has 0 saturated heterocycles. The van der Waals surface area contributed by atoms with Crippen molar-refractivity contribution in [3.8, 4) is 0 Å². The molecule has 1 aromatic heterocycles. The number of benzene rings is 1. The van der Waals surface area contributed by atoms with Gasteiger partial charge in [-0.15, -0.1) is 11.3 Å². The van der Waals surface area contributed by atoms with Crippen LogP contribution >= 0.6 is 33.9 Å². The Morgan fingerprint density at radius 2 is 1.83 bits per heavy atom. The second kappa shape index (κ2) is 6.68. The number of rotatable bonds is 5. The Morgan fingerprint density at radius 1 is 1.11 bits per heavy atom. The molecule has 96 valence electrons. The van der Waals surface area contributed by atoms with E-state index in [0.717, 1.165) is 13.1 Å². The van der Waals surface area contributed by atoms with Gasteiger partial charge in [-0.1, -0.05) is 18.2 Å². The highest BCUT2D eigenvalue weighted by Crippen LogP contribution is 2.17. The van der Waals surface area contributed by atoms with Crippen LogP contribution in [0.1, 0.15) is 24.3 Å². The van der Waals surface area contributed by atoms with Crippen molar-refractivity contribution in [2.24, 2.45) is 0 Å². The van der Waals surface area contributed by atoms with Gasteiger partial charge >= 0.3 is 0 Å². The molecule has 0 fully saturated rings. The van der Waals surface area contributed by atoms with E-state index in [1.165, 1.54) is 14.0 Å². The fourth-order valence-electron chi connectivity index (χ4n) is 1.85. The van der Waals surface area contributed by atoms with Crippen molar-refractivity contribution in [3.05, 3.63) is 55.8 Å². The van der Waals surface area contributed by atoms with Crippen molar-refractivity contribution in [2.75, 3.05) is 0 Å². The zero-order valence-electron chi connectivity index (χ0n) is 10.8. The highest BCUT2D eigenvalue weighted by atomic mass is 127.